The highest BCUT2D eigenvalue weighted by Crippen LogP contribution is 2.34. The molecule has 0 bridgehead atoms. The second-order valence-corrected chi connectivity index (χ2v) is 7.17. The van der Waals surface area contributed by atoms with Gasteiger partial charge >= 0.3 is 0 Å². The summed E-state index contributed by atoms with van der Waals surface area (Å²) in [4.78, 5) is 16.9. The minimum absolute atomic E-state index is 0.0152. The van der Waals surface area contributed by atoms with Crippen molar-refractivity contribution < 1.29 is 19.1 Å². The lowest BCUT2D eigenvalue weighted by Gasteiger charge is -2.41. The number of nitrogens with zero attached hydrogens (tertiary/aromatic N) is 2. The number of ether oxygens (including phenoxy) is 1. The quantitative estimate of drug-likeness (QED) is 0.796. The third-order valence-corrected chi connectivity index (χ3v) is 5.25. The first-order valence-corrected chi connectivity index (χ1v) is 9.04. The highest BCUT2D eigenvalue weighted by atomic mass is 16.5. The molecular weight excluding hydrogens is 320 g/mol. The molecule has 1 atom stereocenters. The third-order valence-electron chi connectivity index (χ3n) is 5.25. The van der Waals surface area contributed by atoms with Crippen LogP contribution in [0.2, 0.25) is 0 Å². The van der Waals surface area contributed by atoms with Crippen molar-refractivity contribution in [1.29, 1.82) is 0 Å². The molecule has 0 saturated carbocycles. The molecule has 6 nitrogen and oxygen atoms in total. The van der Waals surface area contributed by atoms with Gasteiger partial charge < -0.3 is 19.2 Å². The molecule has 2 aliphatic rings. The van der Waals surface area contributed by atoms with Gasteiger partial charge in [0.1, 0.15) is 12.0 Å². The predicted octanol–water partition coefficient (Wildman–Crippen LogP) is 1.90. The summed E-state index contributed by atoms with van der Waals surface area (Å²) in [6.07, 6.45) is 5.94. The summed E-state index contributed by atoms with van der Waals surface area (Å²) in [5, 5.41) is 9.81. The highest BCUT2D eigenvalue weighted by molar-refractivity contribution is 5.94. The zero-order valence-electron chi connectivity index (χ0n) is 14.8. The number of aliphatic hydroxyl groups excluding tert-OH is 1. The topological polar surface area (TPSA) is 66.2 Å². The Hall–Kier alpha value is -1.63. The van der Waals surface area contributed by atoms with Crippen LogP contribution >= 0.6 is 0 Å². The molecule has 1 aromatic rings. The van der Waals surface area contributed by atoms with E-state index in [9.17, 15) is 9.90 Å². The normalized spacial score (nSPS) is 25.1. The van der Waals surface area contributed by atoms with E-state index in [0.29, 0.717) is 18.7 Å². The van der Waals surface area contributed by atoms with Crippen molar-refractivity contribution >= 4 is 5.91 Å². The van der Waals surface area contributed by atoms with Crippen molar-refractivity contribution in [2.24, 2.45) is 5.41 Å². The second kappa shape index (κ2) is 8.17. The van der Waals surface area contributed by atoms with E-state index in [0.717, 1.165) is 57.9 Å². The molecule has 138 valence electrons. The number of morpholine rings is 1. The number of carbonyl (C=O) groups excluding carboxylic acids is 1. The van der Waals surface area contributed by atoms with Gasteiger partial charge in [-0.1, -0.05) is 6.08 Å². The molecule has 0 spiro atoms. The summed E-state index contributed by atoms with van der Waals surface area (Å²) < 4.78 is 11.0. The monoisotopic (exact) mass is 348 g/mol. The number of furan rings is 1. The van der Waals surface area contributed by atoms with E-state index in [1.165, 1.54) is 0 Å². The van der Waals surface area contributed by atoms with Crippen molar-refractivity contribution in [3.05, 3.63) is 36.3 Å². The number of amides is 1. The van der Waals surface area contributed by atoms with Crippen LogP contribution < -0.4 is 0 Å². The molecule has 3 rings (SSSR count). The Bertz CT molecular complexity index is 594. The maximum absolute atomic E-state index is 12.8. The number of allylic oxidation sites excluding steroid dienone is 1. The van der Waals surface area contributed by atoms with Crippen molar-refractivity contribution in [3.8, 4) is 0 Å². The average Bonchev–Trinajstić information content (AvgIpc) is 3.11. The van der Waals surface area contributed by atoms with Crippen LogP contribution in [0.25, 0.3) is 0 Å². The molecule has 0 aromatic carbocycles. The molecule has 3 heterocycles. The maximum Gasteiger partial charge on any atom is 0.257 e. The largest absolute Gasteiger partial charge is 0.467 e. The van der Waals surface area contributed by atoms with E-state index in [-0.39, 0.29) is 17.9 Å². The zero-order valence-corrected chi connectivity index (χ0v) is 14.8. The second-order valence-electron chi connectivity index (χ2n) is 7.17. The van der Waals surface area contributed by atoms with Gasteiger partial charge in [-0.25, -0.2) is 0 Å². The zero-order chi connectivity index (χ0) is 17.7. The molecular formula is C19H28N2O4. The minimum atomic E-state index is -0.254. The van der Waals surface area contributed by atoms with Crippen LogP contribution in [-0.4, -0.2) is 66.8 Å². The van der Waals surface area contributed by atoms with Crippen LogP contribution in [0.15, 0.2) is 29.4 Å². The van der Waals surface area contributed by atoms with Crippen LogP contribution in [0.4, 0.5) is 0 Å². The Kier molecular flexibility index (Phi) is 5.93. The summed E-state index contributed by atoms with van der Waals surface area (Å²) in [7, 11) is 0. The van der Waals surface area contributed by atoms with E-state index >= 15 is 0 Å². The number of aliphatic hydroxyl groups is 1. The van der Waals surface area contributed by atoms with Gasteiger partial charge in [0.05, 0.1) is 31.9 Å². The van der Waals surface area contributed by atoms with Gasteiger partial charge in [-0.3, -0.25) is 9.69 Å². The lowest BCUT2D eigenvalue weighted by atomic mass is 9.77. The van der Waals surface area contributed by atoms with Gasteiger partial charge in [-0.15, -0.1) is 6.58 Å². The summed E-state index contributed by atoms with van der Waals surface area (Å²) in [6, 6.07) is 1.85. The Labute approximate surface area is 149 Å². The summed E-state index contributed by atoms with van der Waals surface area (Å²) >= 11 is 0. The van der Waals surface area contributed by atoms with Gasteiger partial charge in [0, 0.05) is 31.6 Å². The third kappa shape index (κ3) is 4.32. The van der Waals surface area contributed by atoms with Gasteiger partial charge in [-0.05, 0) is 25.3 Å². The Balaban J connectivity index is 1.63. The smallest absolute Gasteiger partial charge is 0.257 e. The van der Waals surface area contributed by atoms with Crippen LogP contribution in [-0.2, 0) is 11.3 Å². The summed E-state index contributed by atoms with van der Waals surface area (Å²) in [5.41, 5.74) is 0.339. The maximum atomic E-state index is 12.8. The van der Waals surface area contributed by atoms with Gasteiger partial charge in [0.15, 0.2) is 0 Å². The van der Waals surface area contributed by atoms with Crippen LogP contribution in [0.5, 0.6) is 0 Å². The number of hydrogen-bond donors (Lipinski definition) is 1. The molecule has 1 aromatic heterocycles. The molecule has 6 heteroatoms. The van der Waals surface area contributed by atoms with E-state index in [2.05, 4.69) is 11.5 Å². The van der Waals surface area contributed by atoms with Crippen molar-refractivity contribution in [1.82, 2.24) is 9.80 Å². The van der Waals surface area contributed by atoms with Crippen LogP contribution in [0.3, 0.4) is 0 Å². The number of carbonyl (C=O) groups is 1. The molecule has 2 saturated heterocycles. The number of likely N-dealkylation sites (tertiary alicyclic amines) is 1. The Morgan fingerprint density at radius 1 is 1.36 bits per heavy atom. The predicted molar refractivity (Wildman–Crippen MR) is 94.3 cm³/mol. The fourth-order valence-electron chi connectivity index (χ4n) is 3.79. The standard InChI is InChI=1S/C19H28N2O4/c1-2-4-19(15-22)5-3-6-21(14-19)18(23)16-11-17(25-13-16)12-20-7-9-24-10-8-20/h2,11,13,22H,1,3-10,12,14-15H2/t19-/m0/s1. The molecule has 25 heavy (non-hydrogen) atoms. The number of piperidine rings is 1. The summed E-state index contributed by atoms with van der Waals surface area (Å²) in [5.74, 6) is 0.792. The van der Waals surface area contributed by atoms with Crippen molar-refractivity contribution in [2.75, 3.05) is 46.0 Å². The first-order valence-electron chi connectivity index (χ1n) is 9.04. The first kappa shape index (κ1) is 18.2. The van der Waals surface area contributed by atoms with Gasteiger partial charge in [-0.2, -0.15) is 0 Å². The number of hydrogen-bond acceptors (Lipinski definition) is 5. The Morgan fingerprint density at radius 2 is 2.16 bits per heavy atom. The fraction of sp³-hybridized carbons (Fsp3) is 0.632. The number of rotatable bonds is 6. The molecule has 0 radical (unpaired) electrons. The van der Waals surface area contributed by atoms with Gasteiger partial charge in [0.25, 0.3) is 5.91 Å². The van der Waals surface area contributed by atoms with Crippen LogP contribution in [0.1, 0.15) is 35.4 Å². The summed E-state index contributed by atoms with van der Waals surface area (Å²) in [6.45, 7) is 9.12. The average molecular weight is 348 g/mol. The molecule has 0 unspecified atom stereocenters. The minimum Gasteiger partial charge on any atom is -0.467 e. The van der Waals surface area contributed by atoms with E-state index in [1.54, 1.807) is 6.26 Å². The highest BCUT2D eigenvalue weighted by Gasteiger charge is 2.36. The molecule has 0 aliphatic carbocycles. The Morgan fingerprint density at radius 3 is 2.88 bits per heavy atom. The van der Waals surface area contributed by atoms with Gasteiger partial charge in [0.2, 0.25) is 0 Å². The molecule has 2 aliphatic heterocycles. The van der Waals surface area contributed by atoms with E-state index < -0.39 is 0 Å². The molecule has 1 N–H and O–H groups in total. The van der Waals surface area contributed by atoms with E-state index in [1.807, 2.05) is 17.0 Å². The van der Waals surface area contributed by atoms with Crippen molar-refractivity contribution in [3.63, 3.8) is 0 Å². The lowest BCUT2D eigenvalue weighted by molar-refractivity contribution is 0.0284. The fourth-order valence-corrected chi connectivity index (χ4v) is 3.79. The van der Waals surface area contributed by atoms with E-state index in [4.69, 9.17) is 9.15 Å². The first-order chi connectivity index (χ1) is 12.2. The molecule has 1 amide bonds. The molecule has 2 fully saturated rings. The SMILES string of the molecule is C=CC[C@]1(CO)CCCN(C(=O)c2coc(CN3CCOCC3)c2)C1. The lowest BCUT2D eigenvalue weighted by Crippen LogP contribution is -2.47. The van der Waals surface area contributed by atoms with Crippen molar-refractivity contribution in [2.45, 2.75) is 25.8 Å². The van der Waals surface area contributed by atoms with Crippen LogP contribution in [0, 0.1) is 5.41 Å².